The molecule has 0 saturated heterocycles. The monoisotopic (exact) mass is 167 g/mol. The lowest BCUT2D eigenvalue weighted by atomic mass is 10.0. The fourth-order valence-electron chi connectivity index (χ4n) is 1.51. The molecule has 70 valence electrons. The first-order chi connectivity index (χ1) is 5.60. The maximum atomic E-state index is 3.89. The molecule has 1 rings (SSSR count). The van der Waals surface area contributed by atoms with Gasteiger partial charge in [-0.05, 0) is 39.2 Å². The van der Waals surface area contributed by atoms with E-state index in [1.165, 1.54) is 19.4 Å². The second-order valence-electron chi connectivity index (χ2n) is 4.34. The molecule has 0 atom stereocenters. The summed E-state index contributed by atoms with van der Waals surface area (Å²) in [5.74, 6) is 0.976. The van der Waals surface area contributed by atoms with E-state index in [1.54, 1.807) is 0 Å². The maximum absolute atomic E-state index is 3.89. The third kappa shape index (κ3) is 2.34. The minimum atomic E-state index is 0.178. The van der Waals surface area contributed by atoms with Crippen LogP contribution in [0.4, 0.5) is 0 Å². The van der Waals surface area contributed by atoms with Crippen LogP contribution in [0.3, 0.4) is 0 Å². The van der Waals surface area contributed by atoms with E-state index in [9.17, 15) is 0 Å². The van der Waals surface area contributed by atoms with E-state index in [0.717, 1.165) is 12.5 Å². The molecule has 0 amide bonds. The van der Waals surface area contributed by atoms with Crippen LogP contribution in [0, 0.1) is 5.92 Å². The quantitative estimate of drug-likeness (QED) is 0.569. The average Bonchev–Trinajstić information content (AvgIpc) is 2.83. The second-order valence-corrected chi connectivity index (χ2v) is 4.34. The smallest absolute Gasteiger partial charge is 0.0332 e. The highest BCUT2D eigenvalue weighted by atomic mass is 15.2. The van der Waals surface area contributed by atoms with Crippen LogP contribution in [0.5, 0.6) is 0 Å². The average molecular weight is 167 g/mol. The zero-order valence-corrected chi connectivity index (χ0v) is 8.64. The molecule has 1 aliphatic carbocycles. The van der Waals surface area contributed by atoms with Crippen molar-refractivity contribution in [3.05, 3.63) is 12.7 Å². The van der Waals surface area contributed by atoms with E-state index in [0.29, 0.717) is 0 Å². The normalized spacial score (nSPS) is 18.3. The highest BCUT2D eigenvalue weighted by molar-refractivity contribution is 4.98. The summed E-state index contributed by atoms with van der Waals surface area (Å²) in [5.41, 5.74) is 0.178. The minimum absolute atomic E-state index is 0.178. The van der Waals surface area contributed by atoms with Gasteiger partial charge in [-0.25, -0.2) is 0 Å². The Kier molecular flexibility index (Phi) is 2.94. The summed E-state index contributed by atoms with van der Waals surface area (Å²) in [5, 5.41) is 0. The fourth-order valence-corrected chi connectivity index (χ4v) is 1.51. The summed E-state index contributed by atoms with van der Waals surface area (Å²) in [7, 11) is 0. The summed E-state index contributed by atoms with van der Waals surface area (Å²) in [6.07, 6.45) is 4.92. The molecule has 0 N–H and O–H groups in total. The molecule has 0 aliphatic heterocycles. The van der Waals surface area contributed by atoms with Crippen molar-refractivity contribution in [2.24, 2.45) is 5.92 Å². The Morgan fingerprint density at radius 3 is 2.42 bits per heavy atom. The van der Waals surface area contributed by atoms with Crippen LogP contribution in [-0.4, -0.2) is 23.5 Å². The first-order valence-electron chi connectivity index (χ1n) is 4.98. The molecule has 0 spiro atoms. The Morgan fingerprint density at radius 1 is 1.50 bits per heavy atom. The molecule has 0 radical (unpaired) electrons. The van der Waals surface area contributed by atoms with Crippen molar-refractivity contribution in [1.29, 1.82) is 0 Å². The van der Waals surface area contributed by atoms with Gasteiger partial charge in [0.15, 0.2) is 0 Å². The Morgan fingerprint density at radius 2 is 2.08 bits per heavy atom. The van der Waals surface area contributed by atoms with Crippen molar-refractivity contribution in [1.82, 2.24) is 4.90 Å². The summed E-state index contributed by atoms with van der Waals surface area (Å²) in [4.78, 5) is 2.51. The summed E-state index contributed by atoms with van der Waals surface area (Å²) < 4.78 is 0. The summed E-state index contributed by atoms with van der Waals surface area (Å²) >= 11 is 0. The van der Waals surface area contributed by atoms with E-state index in [4.69, 9.17) is 0 Å². The van der Waals surface area contributed by atoms with Gasteiger partial charge in [-0.2, -0.15) is 0 Å². The Balaban J connectivity index is 2.46. The summed E-state index contributed by atoms with van der Waals surface area (Å²) in [6.45, 7) is 13.0. The van der Waals surface area contributed by atoms with Crippen LogP contribution >= 0.6 is 0 Å². The predicted octanol–water partition coefficient (Wildman–Crippen LogP) is 2.68. The number of rotatable bonds is 5. The molecule has 0 heterocycles. The lowest BCUT2D eigenvalue weighted by Crippen LogP contribution is -2.43. The van der Waals surface area contributed by atoms with E-state index < -0.39 is 0 Å². The number of nitrogens with zero attached hydrogens (tertiary/aromatic N) is 1. The van der Waals surface area contributed by atoms with Gasteiger partial charge in [-0.15, -0.1) is 6.58 Å². The highest BCUT2D eigenvalue weighted by Crippen LogP contribution is 2.31. The van der Waals surface area contributed by atoms with Crippen LogP contribution in [0.2, 0.25) is 0 Å². The summed E-state index contributed by atoms with van der Waals surface area (Å²) in [6, 6.07) is 0. The van der Waals surface area contributed by atoms with Gasteiger partial charge in [0.05, 0.1) is 0 Å². The maximum Gasteiger partial charge on any atom is 0.0332 e. The lowest BCUT2D eigenvalue weighted by Gasteiger charge is -2.35. The molecule has 1 fully saturated rings. The van der Waals surface area contributed by atoms with Crippen molar-refractivity contribution >= 4 is 0 Å². The molecular formula is C11H21N. The predicted molar refractivity (Wildman–Crippen MR) is 54.2 cm³/mol. The second kappa shape index (κ2) is 3.61. The molecule has 1 nitrogen and oxygen atoms in total. The molecule has 0 aromatic heterocycles. The molecule has 0 aromatic carbocycles. The van der Waals surface area contributed by atoms with Crippen molar-refractivity contribution in [3.63, 3.8) is 0 Å². The molecule has 0 aromatic rings. The van der Waals surface area contributed by atoms with Gasteiger partial charge < -0.3 is 0 Å². The topological polar surface area (TPSA) is 3.24 Å². The van der Waals surface area contributed by atoms with Crippen LogP contribution in [0.1, 0.15) is 33.6 Å². The molecule has 1 heteroatoms. The number of hydrogen-bond acceptors (Lipinski definition) is 1. The zero-order valence-electron chi connectivity index (χ0n) is 8.64. The Labute approximate surface area is 76.5 Å². The lowest BCUT2D eigenvalue weighted by molar-refractivity contribution is 0.163. The number of likely N-dealkylation sites (N-methyl/N-ethyl adjacent to an activating group) is 1. The van der Waals surface area contributed by atoms with Gasteiger partial charge in [0.25, 0.3) is 0 Å². The van der Waals surface area contributed by atoms with Gasteiger partial charge in [0.1, 0.15) is 0 Å². The van der Waals surface area contributed by atoms with Crippen LogP contribution in [0.25, 0.3) is 0 Å². The standard InChI is InChI=1S/C11H21N/c1-5-11(3,4)12(6-2)9-10-7-8-10/h5,10H,1,6-9H2,2-4H3. The van der Waals surface area contributed by atoms with Crippen molar-refractivity contribution in [2.75, 3.05) is 13.1 Å². The highest BCUT2D eigenvalue weighted by Gasteiger charge is 2.29. The van der Waals surface area contributed by atoms with E-state index >= 15 is 0 Å². The van der Waals surface area contributed by atoms with Crippen LogP contribution in [-0.2, 0) is 0 Å². The van der Waals surface area contributed by atoms with Crippen molar-refractivity contribution < 1.29 is 0 Å². The van der Waals surface area contributed by atoms with Gasteiger partial charge in [-0.1, -0.05) is 13.0 Å². The van der Waals surface area contributed by atoms with Gasteiger partial charge in [0.2, 0.25) is 0 Å². The van der Waals surface area contributed by atoms with Crippen molar-refractivity contribution in [3.8, 4) is 0 Å². The molecule has 1 aliphatic rings. The SMILES string of the molecule is C=CC(C)(C)N(CC)CC1CC1. The van der Waals surface area contributed by atoms with Crippen molar-refractivity contribution in [2.45, 2.75) is 39.2 Å². The third-order valence-corrected chi connectivity index (χ3v) is 2.87. The van der Waals surface area contributed by atoms with Gasteiger partial charge in [-0.3, -0.25) is 4.90 Å². The molecular weight excluding hydrogens is 146 g/mol. The van der Waals surface area contributed by atoms with E-state index in [1.807, 2.05) is 0 Å². The van der Waals surface area contributed by atoms with Gasteiger partial charge >= 0.3 is 0 Å². The molecule has 0 unspecified atom stereocenters. The number of hydrogen-bond donors (Lipinski definition) is 0. The third-order valence-electron chi connectivity index (χ3n) is 2.87. The zero-order chi connectivity index (χ0) is 9.19. The van der Waals surface area contributed by atoms with Gasteiger partial charge in [0, 0.05) is 12.1 Å². The Bertz CT molecular complexity index is 156. The largest absolute Gasteiger partial charge is 0.295 e. The molecule has 0 bridgehead atoms. The fraction of sp³-hybridized carbons (Fsp3) is 0.818. The Hall–Kier alpha value is -0.300. The molecule has 1 saturated carbocycles. The van der Waals surface area contributed by atoms with E-state index in [-0.39, 0.29) is 5.54 Å². The molecule has 12 heavy (non-hydrogen) atoms. The van der Waals surface area contributed by atoms with Crippen LogP contribution < -0.4 is 0 Å². The first kappa shape index (κ1) is 9.79. The minimum Gasteiger partial charge on any atom is -0.295 e. The van der Waals surface area contributed by atoms with Crippen LogP contribution in [0.15, 0.2) is 12.7 Å². The van der Waals surface area contributed by atoms with E-state index in [2.05, 4.69) is 38.3 Å². The first-order valence-corrected chi connectivity index (χ1v) is 4.98.